The minimum atomic E-state index is -0.613. The van der Waals surface area contributed by atoms with E-state index in [0.717, 1.165) is 0 Å². The molecule has 0 fully saturated rings. The Morgan fingerprint density at radius 3 is 3.00 bits per heavy atom. The Balaban J connectivity index is 2.70. The molecule has 0 radical (unpaired) electrons. The molecule has 5 heteroatoms. The molecule has 3 N–H and O–H groups in total. The first-order valence-corrected chi connectivity index (χ1v) is 3.29. The first-order chi connectivity index (χ1) is 5.70. The lowest BCUT2D eigenvalue weighted by atomic mass is 10.4. The van der Waals surface area contributed by atoms with E-state index in [1.165, 1.54) is 12.3 Å². The van der Waals surface area contributed by atoms with E-state index in [1.807, 2.05) is 0 Å². The number of pyridine rings is 1. The van der Waals surface area contributed by atoms with E-state index >= 15 is 0 Å². The van der Waals surface area contributed by atoms with Crippen LogP contribution in [0, 0.1) is 0 Å². The molecule has 1 heterocycles. The van der Waals surface area contributed by atoms with Gasteiger partial charge >= 0.3 is 0 Å². The Morgan fingerprint density at radius 2 is 2.42 bits per heavy atom. The van der Waals surface area contributed by atoms with Gasteiger partial charge in [0.15, 0.2) is 12.4 Å². The number of H-pyrrole nitrogens is 1. The molecule has 1 aromatic heterocycles. The molecule has 0 aliphatic heterocycles. The summed E-state index contributed by atoms with van der Waals surface area (Å²) in [6, 6.07) is 3.06. The molecule has 0 saturated carbocycles. The number of primary amides is 1. The average molecular weight is 168 g/mol. The topological polar surface area (TPSA) is 85.2 Å². The first-order valence-electron chi connectivity index (χ1n) is 3.29. The van der Waals surface area contributed by atoms with Crippen LogP contribution in [0.5, 0.6) is 5.75 Å². The van der Waals surface area contributed by atoms with Crippen molar-refractivity contribution in [2.24, 2.45) is 5.73 Å². The lowest BCUT2D eigenvalue weighted by Crippen LogP contribution is -2.22. The van der Waals surface area contributed by atoms with Crippen LogP contribution in [-0.2, 0) is 4.79 Å². The molecule has 0 unspecified atom stereocenters. The molecule has 0 bridgehead atoms. The highest BCUT2D eigenvalue weighted by atomic mass is 16.5. The molecule has 1 rings (SSSR count). The number of ether oxygens (including phenoxy) is 1. The molecule has 1 amide bonds. The van der Waals surface area contributed by atoms with E-state index in [0.29, 0.717) is 0 Å². The monoisotopic (exact) mass is 168 g/mol. The van der Waals surface area contributed by atoms with Crippen molar-refractivity contribution in [3.8, 4) is 5.75 Å². The van der Waals surface area contributed by atoms with Crippen molar-refractivity contribution in [2.45, 2.75) is 0 Å². The second kappa shape index (κ2) is 3.56. The second-order valence-corrected chi connectivity index (χ2v) is 2.12. The first kappa shape index (κ1) is 8.32. The van der Waals surface area contributed by atoms with Crippen LogP contribution in [0.2, 0.25) is 0 Å². The summed E-state index contributed by atoms with van der Waals surface area (Å²) in [5, 5.41) is 0. The third-order valence-electron chi connectivity index (χ3n) is 1.15. The van der Waals surface area contributed by atoms with Crippen molar-refractivity contribution in [1.82, 2.24) is 4.98 Å². The van der Waals surface area contributed by atoms with E-state index < -0.39 is 5.91 Å². The summed E-state index contributed by atoms with van der Waals surface area (Å²) < 4.78 is 4.78. The summed E-state index contributed by atoms with van der Waals surface area (Å²) in [4.78, 5) is 23.6. The molecule has 64 valence electrons. The zero-order chi connectivity index (χ0) is 8.97. The fourth-order valence-corrected chi connectivity index (χ4v) is 0.669. The van der Waals surface area contributed by atoms with Gasteiger partial charge in [-0.2, -0.15) is 0 Å². The Kier molecular flexibility index (Phi) is 2.47. The summed E-state index contributed by atoms with van der Waals surface area (Å²) in [6.45, 7) is -0.285. The highest BCUT2D eigenvalue weighted by Gasteiger charge is 1.99. The van der Waals surface area contributed by atoms with Crippen LogP contribution >= 0.6 is 0 Å². The summed E-state index contributed by atoms with van der Waals surface area (Å²) in [6.07, 6.45) is 1.47. The SMILES string of the molecule is NC(=O)COc1ccc[nH]c1=O. The molecule has 0 aliphatic rings. The fourth-order valence-electron chi connectivity index (χ4n) is 0.669. The summed E-state index contributed by atoms with van der Waals surface area (Å²) in [5.41, 5.74) is 4.44. The predicted octanol–water partition coefficient (Wildman–Crippen LogP) is -0.761. The van der Waals surface area contributed by atoms with Crippen molar-refractivity contribution >= 4 is 5.91 Å². The van der Waals surface area contributed by atoms with E-state index in [2.05, 4.69) is 4.98 Å². The van der Waals surface area contributed by atoms with Crippen LogP contribution in [0.1, 0.15) is 0 Å². The Morgan fingerprint density at radius 1 is 1.67 bits per heavy atom. The molecule has 5 nitrogen and oxygen atoms in total. The minimum Gasteiger partial charge on any atom is -0.478 e. The number of rotatable bonds is 3. The maximum Gasteiger partial charge on any atom is 0.290 e. The number of aromatic nitrogens is 1. The van der Waals surface area contributed by atoms with Crippen LogP contribution in [0.4, 0.5) is 0 Å². The van der Waals surface area contributed by atoms with Crippen molar-refractivity contribution in [3.63, 3.8) is 0 Å². The Hall–Kier alpha value is -1.78. The molecule has 0 aromatic carbocycles. The lowest BCUT2D eigenvalue weighted by molar-refractivity contribution is -0.119. The van der Waals surface area contributed by atoms with Gasteiger partial charge in [0, 0.05) is 6.20 Å². The quantitative estimate of drug-likeness (QED) is 0.622. The molecule has 0 aliphatic carbocycles. The number of nitrogens with one attached hydrogen (secondary N) is 1. The lowest BCUT2D eigenvalue weighted by Gasteiger charge is -1.99. The van der Waals surface area contributed by atoms with E-state index in [4.69, 9.17) is 10.5 Å². The van der Waals surface area contributed by atoms with E-state index in [1.54, 1.807) is 6.07 Å². The molecule has 12 heavy (non-hydrogen) atoms. The smallest absolute Gasteiger partial charge is 0.290 e. The van der Waals surface area contributed by atoms with E-state index in [-0.39, 0.29) is 17.9 Å². The number of carbonyl (C=O) groups is 1. The third kappa shape index (κ3) is 2.12. The maximum atomic E-state index is 10.9. The number of aromatic amines is 1. The van der Waals surface area contributed by atoms with Gasteiger partial charge in [-0.1, -0.05) is 0 Å². The number of nitrogens with two attached hydrogens (primary N) is 1. The van der Waals surface area contributed by atoms with Gasteiger partial charge in [0.05, 0.1) is 0 Å². The van der Waals surface area contributed by atoms with Gasteiger partial charge in [0.1, 0.15) is 0 Å². The molecule has 0 saturated heterocycles. The highest BCUT2D eigenvalue weighted by molar-refractivity contribution is 5.75. The number of carbonyl (C=O) groups excluding carboxylic acids is 1. The van der Waals surface area contributed by atoms with Gasteiger partial charge in [0.2, 0.25) is 0 Å². The fraction of sp³-hybridized carbons (Fsp3) is 0.143. The summed E-state index contributed by atoms with van der Waals surface area (Å²) in [5.74, 6) is -0.519. The predicted molar refractivity (Wildman–Crippen MR) is 41.8 cm³/mol. The van der Waals surface area contributed by atoms with Crippen molar-refractivity contribution in [2.75, 3.05) is 6.61 Å². The summed E-state index contributed by atoms with van der Waals surface area (Å²) >= 11 is 0. The van der Waals surface area contributed by atoms with Gasteiger partial charge in [-0.15, -0.1) is 0 Å². The zero-order valence-corrected chi connectivity index (χ0v) is 6.24. The van der Waals surface area contributed by atoms with E-state index in [9.17, 15) is 9.59 Å². The van der Waals surface area contributed by atoms with Crippen LogP contribution in [-0.4, -0.2) is 17.5 Å². The van der Waals surface area contributed by atoms with Crippen molar-refractivity contribution < 1.29 is 9.53 Å². The number of hydrogen-bond acceptors (Lipinski definition) is 3. The zero-order valence-electron chi connectivity index (χ0n) is 6.24. The normalized spacial score (nSPS) is 9.33. The highest BCUT2D eigenvalue weighted by Crippen LogP contribution is 1.98. The Bertz CT molecular complexity index is 331. The molecule has 0 atom stereocenters. The third-order valence-corrected chi connectivity index (χ3v) is 1.15. The Labute approximate surface area is 68.2 Å². The molecule has 1 aromatic rings. The molecule has 0 spiro atoms. The van der Waals surface area contributed by atoms with Crippen LogP contribution in [0.25, 0.3) is 0 Å². The van der Waals surface area contributed by atoms with Gasteiger partial charge in [-0.25, -0.2) is 0 Å². The van der Waals surface area contributed by atoms with Gasteiger partial charge in [-0.05, 0) is 12.1 Å². The van der Waals surface area contributed by atoms with Crippen molar-refractivity contribution in [3.05, 3.63) is 28.7 Å². The van der Waals surface area contributed by atoms with Crippen LogP contribution in [0.3, 0.4) is 0 Å². The van der Waals surface area contributed by atoms with Gasteiger partial charge in [0.25, 0.3) is 11.5 Å². The number of amides is 1. The summed E-state index contributed by atoms with van der Waals surface area (Å²) in [7, 11) is 0. The second-order valence-electron chi connectivity index (χ2n) is 2.12. The van der Waals surface area contributed by atoms with Crippen LogP contribution < -0.4 is 16.0 Å². The largest absolute Gasteiger partial charge is 0.478 e. The molecular weight excluding hydrogens is 160 g/mol. The average Bonchev–Trinajstić information content (AvgIpc) is 2.03. The minimum absolute atomic E-state index is 0.0938. The molecular formula is C7H8N2O3. The maximum absolute atomic E-state index is 10.9. The number of hydrogen-bond donors (Lipinski definition) is 2. The van der Waals surface area contributed by atoms with Crippen LogP contribution in [0.15, 0.2) is 23.1 Å². The van der Waals surface area contributed by atoms with Gasteiger partial charge in [-0.3, -0.25) is 9.59 Å². The van der Waals surface area contributed by atoms with Gasteiger partial charge < -0.3 is 15.5 Å². The standard InChI is InChI=1S/C7H8N2O3/c8-6(10)4-12-5-2-1-3-9-7(5)11/h1-3H,4H2,(H2,8,10)(H,9,11). The van der Waals surface area contributed by atoms with Crippen molar-refractivity contribution in [1.29, 1.82) is 0 Å².